The van der Waals surface area contributed by atoms with Crippen LogP contribution in [-0.4, -0.2) is 29.6 Å². The number of hydrogen-bond acceptors (Lipinski definition) is 3. The first kappa shape index (κ1) is 18.6. The van der Waals surface area contributed by atoms with Crippen LogP contribution in [0.25, 0.3) is 0 Å². The third-order valence-electron chi connectivity index (χ3n) is 3.66. The molecule has 0 bridgehead atoms. The summed E-state index contributed by atoms with van der Waals surface area (Å²) in [6, 6.07) is 9.97. The Morgan fingerprint density at radius 1 is 0.818 bits per heavy atom. The van der Waals surface area contributed by atoms with Gasteiger partial charge < -0.3 is 0 Å². The number of ketones is 2. The van der Waals surface area contributed by atoms with Gasteiger partial charge in [0.1, 0.15) is 0 Å². The minimum absolute atomic E-state index is 0.158. The number of rotatable bonds is 6. The highest BCUT2D eigenvalue weighted by molar-refractivity contribution is 5.88. The summed E-state index contributed by atoms with van der Waals surface area (Å²) in [7, 11) is 0. The molecule has 22 heavy (non-hydrogen) atoms. The summed E-state index contributed by atoms with van der Waals surface area (Å²) in [5.74, 6) is 0.315. The monoisotopic (exact) mass is 303 g/mol. The zero-order chi connectivity index (χ0) is 17.0. The highest BCUT2D eigenvalue weighted by atomic mass is 16.1. The van der Waals surface area contributed by atoms with Gasteiger partial charge in [0.15, 0.2) is 11.6 Å². The lowest BCUT2D eigenvalue weighted by Crippen LogP contribution is -2.41. The van der Waals surface area contributed by atoms with Gasteiger partial charge in [-0.15, -0.1) is 0 Å². The summed E-state index contributed by atoms with van der Waals surface area (Å²) < 4.78 is 0. The summed E-state index contributed by atoms with van der Waals surface area (Å²) in [4.78, 5) is 26.6. The second-order valence-corrected chi connectivity index (χ2v) is 7.98. The molecule has 122 valence electrons. The second-order valence-electron chi connectivity index (χ2n) is 7.98. The molecule has 0 saturated carbocycles. The maximum atomic E-state index is 12.3. The molecule has 1 aromatic rings. The van der Waals surface area contributed by atoms with E-state index in [0.717, 1.165) is 5.56 Å². The maximum absolute atomic E-state index is 12.3. The fraction of sp³-hybridized carbons (Fsp3) is 0.579. The number of benzene rings is 1. The molecule has 3 nitrogen and oxygen atoms in total. The van der Waals surface area contributed by atoms with Crippen molar-refractivity contribution < 1.29 is 9.59 Å². The maximum Gasteiger partial charge on any atom is 0.152 e. The van der Waals surface area contributed by atoms with Gasteiger partial charge in [0, 0.05) is 17.4 Å². The molecule has 0 unspecified atom stereocenters. The normalized spacial score (nSPS) is 12.5. The molecule has 3 heteroatoms. The van der Waals surface area contributed by atoms with Crippen molar-refractivity contribution in [2.45, 2.75) is 48.1 Å². The van der Waals surface area contributed by atoms with Crippen molar-refractivity contribution in [3.63, 3.8) is 0 Å². The van der Waals surface area contributed by atoms with E-state index in [1.54, 1.807) is 0 Å². The van der Waals surface area contributed by atoms with Crippen LogP contribution in [0.1, 0.15) is 47.1 Å². The van der Waals surface area contributed by atoms with E-state index in [0.29, 0.717) is 19.6 Å². The molecule has 0 aliphatic rings. The standard InChI is InChI=1S/C19H29NO2/c1-18(2,3)16(21)13-20(14-17(22)19(4,5)6)12-15-10-8-7-9-11-15/h7-11H,12-14H2,1-6H3. The van der Waals surface area contributed by atoms with Crippen LogP contribution < -0.4 is 0 Å². The molecular formula is C19H29NO2. The summed E-state index contributed by atoms with van der Waals surface area (Å²) in [5, 5.41) is 0. The number of Topliss-reactive ketones (excluding diaryl/α,β-unsaturated/α-hetero) is 2. The van der Waals surface area contributed by atoms with Crippen LogP contribution in [0.5, 0.6) is 0 Å². The SMILES string of the molecule is CC(C)(C)C(=O)CN(CC(=O)C(C)(C)C)Cc1ccccc1. The Hall–Kier alpha value is -1.48. The van der Waals surface area contributed by atoms with Gasteiger partial charge in [-0.25, -0.2) is 0 Å². The Bertz CT molecular complexity index is 478. The van der Waals surface area contributed by atoms with Crippen LogP contribution in [-0.2, 0) is 16.1 Å². The Kier molecular flexibility index (Phi) is 6.07. The van der Waals surface area contributed by atoms with Gasteiger partial charge in [0.25, 0.3) is 0 Å². The van der Waals surface area contributed by atoms with E-state index in [1.165, 1.54) is 0 Å². The van der Waals surface area contributed by atoms with Gasteiger partial charge in [-0.3, -0.25) is 14.5 Å². The van der Waals surface area contributed by atoms with E-state index >= 15 is 0 Å². The van der Waals surface area contributed by atoms with Crippen LogP contribution in [0, 0.1) is 10.8 Å². The first-order valence-corrected chi connectivity index (χ1v) is 7.83. The molecule has 1 rings (SSSR count). The van der Waals surface area contributed by atoms with Crippen molar-refractivity contribution in [3.05, 3.63) is 35.9 Å². The highest BCUT2D eigenvalue weighted by Crippen LogP contribution is 2.19. The minimum Gasteiger partial charge on any atom is -0.298 e. The fourth-order valence-electron chi connectivity index (χ4n) is 1.89. The van der Waals surface area contributed by atoms with Crippen LogP contribution >= 0.6 is 0 Å². The van der Waals surface area contributed by atoms with Gasteiger partial charge in [-0.2, -0.15) is 0 Å². The highest BCUT2D eigenvalue weighted by Gasteiger charge is 2.27. The van der Waals surface area contributed by atoms with E-state index in [9.17, 15) is 9.59 Å². The van der Waals surface area contributed by atoms with E-state index in [1.807, 2.05) is 76.8 Å². The Labute approximate surface area is 134 Å². The number of carbonyl (C=O) groups is 2. The summed E-state index contributed by atoms with van der Waals surface area (Å²) in [5.41, 5.74) is 0.338. The van der Waals surface area contributed by atoms with Crippen LogP contribution in [0.15, 0.2) is 30.3 Å². The van der Waals surface area contributed by atoms with Gasteiger partial charge >= 0.3 is 0 Å². The first-order chi connectivity index (χ1) is 10.00. The topological polar surface area (TPSA) is 37.4 Å². The van der Waals surface area contributed by atoms with Gasteiger partial charge in [-0.1, -0.05) is 71.9 Å². The van der Waals surface area contributed by atoms with Crippen molar-refractivity contribution in [1.29, 1.82) is 0 Å². The Morgan fingerprint density at radius 3 is 1.59 bits per heavy atom. The van der Waals surface area contributed by atoms with E-state index in [2.05, 4.69) is 0 Å². The molecule has 0 heterocycles. The molecule has 0 spiro atoms. The molecule has 0 aliphatic carbocycles. The molecule has 0 N–H and O–H groups in total. The largest absolute Gasteiger partial charge is 0.298 e. The summed E-state index contributed by atoms with van der Waals surface area (Å²) in [6.45, 7) is 12.7. The molecule has 0 saturated heterocycles. The van der Waals surface area contributed by atoms with Gasteiger partial charge in [0.2, 0.25) is 0 Å². The summed E-state index contributed by atoms with van der Waals surface area (Å²) in [6.07, 6.45) is 0. The van der Waals surface area contributed by atoms with Crippen molar-refractivity contribution >= 4 is 11.6 Å². The summed E-state index contributed by atoms with van der Waals surface area (Å²) >= 11 is 0. The van der Waals surface area contributed by atoms with Crippen molar-refractivity contribution in [2.24, 2.45) is 10.8 Å². The molecule has 0 atom stereocenters. The number of nitrogens with zero attached hydrogens (tertiary/aromatic N) is 1. The van der Waals surface area contributed by atoms with Crippen LogP contribution in [0.3, 0.4) is 0 Å². The molecular weight excluding hydrogens is 274 g/mol. The fourth-order valence-corrected chi connectivity index (χ4v) is 1.89. The molecule has 0 fully saturated rings. The zero-order valence-corrected chi connectivity index (χ0v) is 14.8. The van der Waals surface area contributed by atoms with Crippen molar-refractivity contribution in [1.82, 2.24) is 4.90 Å². The lowest BCUT2D eigenvalue weighted by molar-refractivity contribution is -0.131. The molecule has 0 aromatic heterocycles. The number of hydrogen-bond donors (Lipinski definition) is 0. The van der Waals surface area contributed by atoms with Gasteiger partial charge in [0.05, 0.1) is 13.1 Å². The Morgan fingerprint density at radius 2 is 1.23 bits per heavy atom. The van der Waals surface area contributed by atoms with E-state index in [4.69, 9.17) is 0 Å². The number of carbonyl (C=O) groups excluding carboxylic acids is 2. The average molecular weight is 303 g/mol. The van der Waals surface area contributed by atoms with Gasteiger partial charge in [-0.05, 0) is 5.56 Å². The van der Waals surface area contributed by atoms with E-state index in [-0.39, 0.29) is 22.4 Å². The smallest absolute Gasteiger partial charge is 0.152 e. The molecule has 0 radical (unpaired) electrons. The average Bonchev–Trinajstić information content (AvgIpc) is 2.37. The van der Waals surface area contributed by atoms with Crippen molar-refractivity contribution in [2.75, 3.05) is 13.1 Å². The third kappa shape index (κ3) is 6.10. The lowest BCUT2D eigenvalue weighted by atomic mass is 9.89. The predicted molar refractivity (Wildman–Crippen MR) is 90.6 cm³/mol. The first-order valence-electron chi connectivity index (χ1n) is 7.83. The molecule has 1 aromatic carbocycles. The molecule has 0 amide bonds. The third-order valence-corrected chi connectivity index (χ3v) is 3.66. The van der Waals surface area contributed by atoms with E-state index < -0.39 is 0 Å². The predicted octanol–water partition coefficient (Wildman–Crippen LogP) is 3.72. The van der Waals surface area contributed by atoms with Crippen molar-refractivity contribution in [3.8, 4) is 0 Å². The van der Waals surface area contributed by atoms with Crippen LogP contribution in [0.4, 0.5) is 0 Å². The Balaban J connectivity index is 2.85. The zero-order valence-electron chi connectivity index (χ0n) is 14.8. The quantitative estimate of drug-likeness (QED) is 0.804. The lowest BCUT2D eigenvalue weighted by Gasteiger charge is -2.28. The molecule has 0 aliphatic heterocycles. The van der Waals surface area contributed by atoms with Crippen LogP contribution in [0.2, 0.25) is 0 Å². The minimum atomic E-state index is -0.389. The second kappa shape index (κ2) is 7.19.